The summed E-state index contributed by atoms with van der Waals surface area (Å²) in [7, 11) is 0. The summed E-state index contributed by atoms with van der Waals surface area (Å²) in [6.07, 6.45) is -0.862. The highest BCUT2D eigenvalue weighted by molar-refractivity contribution is 5.67. The average Bonchev–Trinajstić information content (AvgIpc) is 2.39. The number of carbonyl (C=O) groups is 1. The van der Waals surface area contributed by atoms with Crippen molar-refractivity contribution in [3.8, 4) is 16.9 Å². The predicted octanol–water partition coefficient (Wildman–Crippen LogP) is 4.28. The minimum absolute atomic E-state index is 0.184. The quantitative estimate of drug-likeness (QED) is 0.607. The van der Waals surface area contributed by atoms with E-state index in [0.717, 1.165) is 11.1 Å². The highest BCUT2D eigenvalue weighted by Crippen LogP contribution is 2.22. The maximum Gasteiger partial charge on any atom is 0.514 e. The Morgan fingerprint density at radius 2 is 1.47 bits per heavy atom. The molecule has 0 heterocycles. The van der Waals surface area contributed by atoms with Gasteiger partial charge in [0.25, 0.3) is 0 Å². The summed E-state index contributed by atoms with van der Waals surface area (Å²) < 4.78 is 9.96. The van der Waals surface area contributed by atoms with Crippen LogP contribution in [0.2, 0.25) is 0 Å². The molecule has 3 nitrogen and oxygen atoms in total. The molecule has 0 spiro atoms. The van der Waals surface area contributed by atoms with Gasteiger partial charge in [-0.05, 0) is 37.1 Å². The zero-order valence-electron chi connectivity index (χ0n) is 11.0. The van der Waals surface area contributed by atoms with Crippen LogP contribution < -0.4 is 4.74 Å². The van der Waals surface area contributed by atoms with Crippen molar-refractivity contribution in [1.29, 1.82) is 0 Å². The van der Waals surface area contributed by atoms with Crippen LogP contribution in [0.5, 0.6) is 5.75 Å². The Hall–Kier alpha value is -2.29. The van der Waals surface area contributed by atoms with Crippen molar-refractivity contribution in [2.24, 2.45) is 0 Å². The van der Waals surface area contributed by atoms with Gasteiger partial charge in [-0.25, -0.2) is 4.79 Å². The van der Waals surface area contributed by atoms with Gasteiger partial charge in [0.15, 0.2) is 0 Å². The van der Waals surface area contributed by atoms with E-state index in [9.17, 15) is 4.79 Å². The molecule has 2 aromatic rings. The number of hydrogen-bond donors (Lipinski definition) is 0. The minimum Gasteiger partial charge on any atom is -0.431 e. The van der Waals surface area contributed by atoms with E-state index in [1.54, 1.807) is 26.0 Å². The van der Waals surface area contributed by atoms with Crippen molar-refractivity contribution in [2.45, 2.75) is 20.0 Å². The molecule has 0 aliphatic carbocycles. The maximum atomic E-state index is 11.3. The number of rotatable bonds is 3. The lowest BCUT2D eigenvalue weighted by atomic mass is 10.1. The molecule has 0 aliphatic heterocycles. The van der Waals surface area contributed by atoms with E-state index in [4.69, 9.17) is 9.47 Å². The third-order valence-corrected chi connectivity index (χ3v) is 2.49. The Labute approximate surface area is 112 Å². The normalized spacial score (nSPS) is 10.3. The van der Waals surface area contributed by atoms with Crippen LogP contribution in [-0.2, 0) is 4.74 Å². The second-order valence-corrected chi connectivity index (χ2v) is 4.41. The first-order chi connectivity index (χ1) is 9.15. The third-order valence-electron chi connectivity index (χ3n) is 2.49. The van der Waals surface area contributed by atoms with E-state index in [1.807, 2.05) is 42.5 Å². The Morgan fingerprint density at radius 3 is 2.05 bits per heavy atom. The largest absolute Gasteiger partial charge is 0.514 e. The second-order valence-electron chi connectivity index (χ2n) is 4.41. The molecule has 0 amide bonds. The Bertz CT molecular complexity index is 530. The van der Waals surface area contributed by atoms with Gasteiger partial charge in [0.1, 0.15) is 5.75 Å². The van der Waals surface area contributed by atoms with Crippen LogP contribution in [0.4, 0.5) is 4.79 Å². The Kier molecular flexibility index (Phi) is 4.18. The number of ether oxygens (including phenoxy) is 2. The van der Waals surface area contributed by atoms with Gasteiger partial charge >= 0.3 is 6.16 Å². The second kappa shape index (κ2) is 6.05. The first-order valence-corrected chi connectivity index (χ1v) is 6.19. The fourth-order valence-electron chi connectivity index (χ4n) is 1.66. The summed E-state index contributed by atoms with van der Waals surface area (Å²) in [4.78, 5) is 11.3. The molecule has 0 aliphatic rings. The van der Waals surface area contributed by atoms with E-state index in [-0.39, 0.29) is 6.10 Å². The number of carbonyl (C=O) groups excluding carboxylic acids is 1. The van der Waals surface area contributed by atoms with E-state index >= 15 is 0 Å². The van der Waals surface area contributed by atoms with E-state index < -0.39 is 6.16 Å². The lowest BCUT2D eigenvalue weighted by Crippen LogP contribution is -2.15. The van der Waals surface area contributed by atoms with Gasteiger partial charge in [-0.2, -0.15) is 0 Å². The smallest absolute Gasteiger partial charge is 0.431 e. The molecule has 0 saturated heterocycles. The van der Waals surface area contributed by atoms with Crippen molar-refractivity contribution < 1.29 is 14.3 Å². The first-order valence-electron chi connectivity index (χ1n) is 6.19. The lowest BCUT2D eigenvalue weighted by molar-refractivity contribution is 0.0729. The monoisotopic (exact) mass is 256 g/mol. The molecular weight excluding hydrogens is 240 g/mol. The van der Waals surface area contributed by atoms with Gasteiger partial charge in [0, 0.05) is 0 Å². The summed E-state index contributed by atoms with van der Waals surface area (Å²) in [6.45, 7) is 3.56. The highest BCUT2D eigenvalue weighted by Gasteiger charge is 2.08. The molecule has 2 rings (SSSR count). The van der Waals surface area contributed by atoms with Crippen LogP contribution in [0, 0.1) is 0 Å². The van der Waals surface area contributed by atoms with Crippen molar-refractivity contribution >= 4 is 6.16 Å². The fraction of sp³-hybridized carbons (Fsp3) is 0.188. The molecule has 0 atom stereocenters. The van der Waals surface area contributed by atoms with Gasteiger partial charge in [0.2, 0.25) is 0 Å². The van der Waals surface area contributed by atoms with Crippen LogP contribution in [0.1, 0.15) is 13.8 Å². The Morgan fingerprint density at radius 1 is 0.895 bits per heavy atom. The predicted molar refractivity (Wildman–Crippen MR) is 74.1 cm³/mol. The fourth-order valence-corrected chi connectivity index (χ4v) is 1.66. The van der Waals surface area contributed by atoms with Gasteiger partial charge in [-0.1, -0.05) is 42.5 Å². The molecule has 0 N–H and O–H groups in total. The number of hydrogen-bond acceptors (Lipinski definition) is 3. The van der Waals surface area contributed by atoms with Crippen molar-refractivity contribution in [1.82, 2.24) is 0 Å². The molecule has 0 fully saturated rings. The van der Waals surface area contributed by atoms with Gasteiger partial charge in [-0.3, -0.25) is 0 Å². The van der Waals surface area contributed by atoms with Crippen LogP contribution in [0.25, 0.3) is 11.1 Å². The first kappa shape index (κ1) is 13.1. The zero-order chi connectivity index (χ0) is 13.7. The Balaban J connectivity index is 2.05. The lowest BCUT2D eigenvalue weighted by Gasteiger charge is -2.08. The van der Waals surface area contributed by atoms with Crippen LogP contribution in [0.3, 0.4) is 0 Å². The van der Waals surface area contributed by atoms with E-state index in [0.29, 0.717) is 5.75 Å². The molecule has 0 bridgehead atoms. The third kappa shape index (κ3) is 3.85. The van der Waals surface area contributed by atoms with Crippen molar-refractivity contribution in [3.63, 3.8) is 0 Å². The van der Waals surface area contributed by atoms with Gasteiger partial charge < -0.3 is 9.47 Å². The summed E-state index contributed by atoms with van der Waals surface area (Å²) in [6, 6.07) is 17.3. The molecule has 0 saturated carbocycles. The summed E-state index contributed by atoms with van der Waals surface area (Å²) in [5.74, 6) is 0.477. The standard InChI is InChI=1S/C16H16O3/c1-12(2)18-16(17)19-15-10-8-14(9-11-15)13-6-4-3-5-7-13/h3-12H,1-2H3. The van der Waals surface area contributed by atoms with Crippen molar-refractivity contribution in [2.75, 3.05) is 0 Å². The molecule has 0 unspecified atom stereocenters. The van der Waals surface area contributed by atoms with E-state index in [1.165, 1.54) is 0 Å². The van der Waals surface area contributed by atoms with Crippen LogP contribution >= 0.6 is 0 Å². The zero-order valence-corrected chi connectivity index (χ0v) is 11.0. The average molecular weight is 256 g/mol. The van der Waals surface area contributed by atoms with Gasteiger partial charge in [0.05, 0.1) is 6.10 Å². The molecule has 98 valence electrons. The maximum absolute atomic E-state index is 11.3. The molecule has 2 aromatic carbocycles. The SMILES string of the molecule is CC(C)OC(=O)Oc1ccc(-c2ccccc2)cc1. The summed E-state index contributed by atoms with van der Waals surface area (Å²) in [5, 5.41) is 0. The highest BCUT2D eigenvalue weighted by atomic mass is 16.7. The van der Waals surface area contributed by atoms with Crippen LogP contribution in [0.15, 0.2) is 54.6 Å². The van der Waals surface area contributed by atoms with Crippen molar-refractivity contribution in [3.05, 3.63) is 54.6 Å². The molecule has 0 radical (unpaired) electrons. The molecular formula is C16H16O3. The molecule has 19 heavy (non-hydrogen) atoms. The number of benzene rings is 2. The van der Waals surface area contributed by atoms with Gasteiger partial charge in [-0.15, -0.1) is 0 Å². The summed E-state index contributed by atoms with van der Waals surface area (Å²) in [5.41, 5.74) is 2.20. The minimum atomic E-state index is -0.678. The van der Waals surface area contributed by atoms with Crippen LogP contribution in [-0.4, -0.2) is 12.3 Å². The molecule has 3 heteroatoms. The topological polar surface area (TPSA) is 35.5 Å². The summed E-state index contributed by atoms with van der Waals surface area (Å²) >= 11 is 0. The van der Waals surface area contributed by atoms with E-state index in [2.05, 4.69) is 0 Å². The molecule has 0 aromatic heterocycles.